The van der Waals surface area contributed by atoms with Crippen molar-refractivity contribution in [2.24, 2.45) is 11.3 Å². The molecule has 0 atom stereocenters. The fourth-order valence-electron chi connectivity index (χ4n) is 3.20. The zero-order chi connectivity index (χ0) is 22.1. The number of rotatable bonds is 5. The number of hydrogen-bond acceptors (Lipinski definition) is 3. The van der Waals surface area contributed by atoms with E-state index in [9.17, 15) is 14.0 Å². The lowest BCUT2D eigenvalue weighted by Gasteiger charge is -2.28. The Balaban J connectivity index is 1.92. The minimum absolute atomic E-state index is 0.0213. The number of nitrogens with zero attached hydrogens (tertiary/aromatic N) is 1. The maximum absolute atomic E-state index is 13.3. The molecule has 160 valence electrons. The van der Waals surface area contributed by atoms with Gasteiger partial charge in [-0.15, -0.1) is 0 Å². The summed E-state index contributed by atoms with van der Waals surface area (Å²) in [5, 5.41) is 2.80. The van der Waals surface area contributed by atoms with Crippen molar-refractivity contribution < 1.29 is 18.7 Å². The highest BCUT2D eigenvalue weighted by Crippen LogP contribution is 2.38. The number of carbonyl (C=O) groups is 2. The van der Waals surface area contributed by atoms with Gasteiger partial charge in [0, 0.05) is 12.2 Å². The van der Waals surface area contributed by atoms with Gasteiger partial charge in [-0.05, 0) is 62.6 Å². The Morgan fingerprint density at radius 1 is 1.27 bits per heavy atom. The topological polar surface area (TPSA) is 58.6 Å². The normalized spacial score (nSPS) is 15.4. The van der Waals surface area contributed by atoms with E-state index in [-0.39, 0.29) is 23.1 Å². The van der Waals surface area contributed by atoms with Gasteiger partial charge in [-0.3, -0.25) is 9.59 Å². The second-order valence-electron chi connectivity index (χ2n) is 8.57. The number of fused-ring (bicyclic) bond motifs is 1. The molecule has 0 saturated heterocycles. The van der Waals surface area contributed by atoms with Crippen molar-refractivity contribution in [2.75, 3.05) is 23.4 Å². The van der Waals surface area contributed by atoms with Crippen molar-refractivity contribution in [2.45, 2.75) is 34.1 Å². The molecule has 1 aliphatic rings. The number of carbonyl (C=O) groups excluding carboxylic acids is 2. The van der Waals surface area contributed by atoms with Crippen LogP contribution in [-0.2, 0) is 4.79 Å². The Labute approximate surface area is 181 Å². The summed E-state index contributed by atoms with van der Waals surface area (Å²) in [6.07, 6.45) is 0.836. The van der Waals surface area contributed by atoms with Gasteiger partial charge in [-0.2, -0.15) is 0 Å². The van der Waals surface area contributed by atoms with Crippen LogP contribution in [0.4, 0.5) is 15.8 Å². The molecule has 0 bridgehead atoms. The van der Waals surface area contributed by atoms with Crippen LogP contribution in [0.1, 0.15) is 44.5 Å². The number of hydrogen-bond donors (Lipinski definition) is 1. The molecular weight excluding hydrogens is 407 g/mol. The average molecular weight is 433 g/mol. The molecule has 0 unspecified atom stereocenters. The molecule has 1 N–H and O–H groups in total. The van der Waals surface area contributed by atoms with E-state index in [4.69, 9.17) is 16.3 Å². The predicted molar refractivity (Wildman–Crippen MR) is 117 cm³/mol. The van der Waals surface area contributed by atoms with E-state index in [0.717, 1.165) is 12.5 Å². The van der Waals surface area contributed by atoms with Gasteiger partial charge in [0.2, 0.25) is 5.91 Å². The van der Waals surface area contributed by atoms with E-state index >= 15 is 0 Å². The standard InChI is InChI=1S/C23H26ClFN2O3/c1-14(2)9-10-27-19-12-16(6-8-20(19)30-13-23(3,4)22(27)29)26-21(28)17-7-5-15(25)11-18(17)24/h5-8,11-12,14H,9-10,13H2,1-4H3,(H,26,28). The van der Waals surface area contributed by atoms with Crippen LogP contribution in [0, 0.1) is 17.2 Å². The van der Waals surface area contributed by atoms with E-state index in [0.29, 0.717) is 29.6 Å². The molecule has 0 fully saturated rings. The van der Waals surface area contributed by atoms with Gasteiger partial charge in [0.15, 0.2) is 0 Å². The largest absolute Gasteiger partial charge is 0.490 e. The van der Waals surface area contributed by atoms with Crippen LogP contribution in [-0.4, -0.2) is 25.0 Å². The van der Waals surface area contributed by atoms with Gasteiger partial charge in [0.05, 0.1) is 21.7 Å². The van der Waals surface area contributed by atoms with Crippen molar-refractivity contribution >= 4 is 34.8 Å². The molecule has 3 rings (SSSR count). The molecule has 0 radical (unpaired) electrons. The number of halogens is 2. The third-order valence-electron chi connectivity index (χ3n) is 5.03. The summed E-state index contributed by atoms with van der Waals surface area (Å²) in [4.78, 5) is 27.5. The summed E-state index contributed by atoms with van der Waals surface area (Å²) in [6, 6.07) is 8.78. The van der Waals surface area contributed by atoms with Gasteiger partial charge >= 0.3 is 0 Å². The van der Waals surface area contributed by atoms with Crippen molar-refractivity contribution in [1.82, 2.24) is 0 Å². The van der Waals surface area contributed by atoms with Crippen LogP contribution in [0.3, 0.4) is 0 Å². The van der Waals surface area contributed by atoms with E-state index in [2.05, 4.69) is 19.2 Å². The number of benzene rings is 2. The molecule has 0 aliphatic carbocycles. The summed E-state index contributed by atoms with van der Waals surface area (Å²) < 4.78 is 19.2. The fourth-order valence-corrected chi connectivity index (χ4v) is 3.46. The SMILES string of the molecule is CC(C)CCN1C(=O)C(C)(C)COc2ccc(NC(=O)c3ccc(F)cc3Cl)cc21. The Hall–Kier alpha value is -2.60. The number of ether oxygens (including phenoxy) is 1. The average Bonchev–Trinajstić information content (AvgIpc) is 2.75. The van der Waals surface area contributed by atoms with Crippen molar-refractivity contribution in [3.63, 3.8) is 0 Å². The minimum atomic E-state index is -0.666. The molecule has 5 nitrogen and oxygen atoms in total. The van der Waals surface area contributed by atoms with Crippen LogP contribution in [0.25, 0.3) is 0 Å². The van der Waals surface area contributed by atoms with Crippen molar-refractivity contribution in [1.29, 1.82) is 0 Å². The Kier molecular flexibility index (Phi) is 6.36. The van der Waals surface area contributed by atoms with E-state index in [1.807, 2.05) is 13.8 Å². The van der Waals surface area contributed by atoms with Gasteiger partial charge in [0.1, 0.15) is 18.2 Å². The Morgan fingerprint density at radius 3 is 2.67 bits per heavy atom. The van der Waals surface area contributed by atoms with Gasteiger partial charge in [-0.25, -0.2) is 4.39 Å². The van der Waals surface area contributed by atoms with Crippen LogP contribution in [0.5, 0.6) is 5.75 Å². The summed E-state index contributed by atoms with van der Waals surface area (Å²) in [5.74, 6) is 0.0232. The lowest BCUT2D eigenvalue weighted by atomic mass is 9.92. The number of nitrogens with one attached hydrogen (secondary N) is 1. The lowest BCUT2D eigenvalue weighted by molar-refractivity contribution is -0.127. The fraction of sp³-hybridized carbons (Fsp3) is 0.391. The van der Waals surface area contributed by atoms with Crippen molar-refractivity contribution in [3.05, 3.63) is 52.8 Å². The Morgan fingerprint density at radius 2 is 2.00 bits per heavy atom. The zero-order valence-electron chi connectivity index (χ0n) is 17.6. The molecule has 1 heterocycles. The molecule has 7 heteroatoms. The molecule has 2 aromatic rings. The van der Waals surface area contributed by atoms with Crippen molar-refractivity contribution in [3.8, 4) is 5.75 Å². The number of anilines is 2. The predicted octanol–water partition coefficient (Wildman–Crippen LogP) is 5.53. The van der Waals surface area contributed by atoms with Crippen LogP contribution in [0.2, 0.25) is 5.02 Å². The molecule has 0 saturated carbocycles. The molecule has 0 aromatic heterocycles. The van der Waals surface area contributed by atoms with Crippen LogP contribution < -0.4 is 15.0 Å². The summed E-state index contributed by atoms with van der Waals surface area (Å²) in [7, 11) is 0. The summed E-state index contributed by atoms with van der Waals surface area (Å²) >= 11 is 6.00. The highest BCUT2D eigenvalue weighted by molar-refractivity contribution is 6.34. The van der Waals surface area contributed by atoms with Crippen LogP contribution >= 0.6 is 11.6 Å². The van der Waals surface area contributed by atoms with Gasteiger partial charge in [0.25, 0.3) is 5.91 Å². The lowest BCUT2D eigenvalue weighted by Crippen LogP contribution is -2.42. The number of amides is 2. The molecule has 2 amide bonds. The Bertz CT molecular complexity index is 975. The van der Waals surface area contributed by atoms with Crippen LogP contribution in [0.15, 0.2) is 36.4 Å². The summed E-state index contributed by atoms with van der Waals surface area (Å²) in [6.45, 7) is 8.76. The molecular formula is C23H26ClFN2O3. The summed E-state index contributed by atoms with van der Waals surface area (Å²) in [5.41, 5.74) is 0.610. The smallest absolute Gasteiger partial charge is 0.257 e. The van der Waals surface area contributed by atoms with E-state index in [1.165, 1.54) is 12.1 Å². The maximum atomic E-state index is 13.3. The third kappa shape index (κ3) is 4.75. The zero-order valence-corrected chi connectivity index (χ0v) is 18.3. The first kappa shape index (κ1) is 22.1. The second-order valence-corrected chi connectivity index (χ2v) is 8.98. The van der Waals surface area contributed by atoms with E-state index < -0.39 is 17.1 Å². The van der Waals surface area contributed by atoms with E-state index in [1.54, 1.807) is 23.1 Å². The monoisotopic (exact) mass is 432 g/mol. The minimum Gasteiger partial charge on any atom is -0.490 e. The highest BCUT2D eigenvalue weighted by atomic mass is 35.5. The highest BCUT2D eigenvalue weighted by Gasteiger charge is 2.37. The molecule has 30 heavy (non-hydrogen) atoms. The third-order valence-corrected chi connectivity index (χ3v) is 5.34. The maximum Gasteiger partial charge on any atom is 0.257 e. The molecule has 2 aromatic carbocycles. The first-order valence-corrected chi connectivity index (χ1v) is 10.3. The van der Waals surface area contributed by atoms with Gasteiger partial charge in [-0.1, -0.05) is 25.4 Å². The molecule has 0 spiro atoms. The first-order valence-electron chi connectivity index (χ1n) is 9.94. The molecule has 1 aliphatic heterocycles. The van der Waals surface area contributed by atoms with Gasteiger partial charge < -0.3 is 15.0 Å². The first-order chi connectivity index (χ1) is 14.1. The quantitative estimate of drug-likeness (QED) is 0.675. The second kappa shape index (κ2) is 8.64.